The monoisotopic (exact) mass is 274 g/mol. The summed E-state index contributed by atoms with van der Waals surface area (Å²) in [6.07, 6.45) is 3.77. The van der Waals surface area contributed by atoms with Gasteiger partial charge in [0.05, 0.1) is 10.2 Å². The Morgan fingerprint density at radius 3 is 3.16 bits per heavy atom. The van der Waals surface area contributed by atoms with Crippen LogP contribution in [0.2, 0.25) is 0 Å². The van der Waals surface area contributed by atoms with Gasteiger partial charge in [0.25, 0.3) is 0 Å². The molecule has 3 heterocycles. The van der Waals surface area contributed by atoms with Crippen LogP contribution in [0.5, 0.6) is 0 Å². The first-order valence-corrected chi connectivity index (χ1v) is 7.06. The third-order valence-corrected chi connectivity index (χ3v) is 3.77. The van der Waals surface area contributed by atoms with E-state index in [4.69, 9.17) is 5.73 Å². The van der Waals surface area contributed by atoms with Crippen molar-refractivity contribution in [2.45, 2.75) is 19.4 Å². The number of hydrogen-bond acceptors (Lipinski definition) is 6. The summed E-state index contributed by atoms with van der Waals surface area (Å²) in [6, 6.07) is 4.09. The van der Waals surface area contributed by atoms with E-state index >= 15 is 0 Å². The molecule has 3 aromatic heterocycles. The molecule has 0 atom stereocenters. The second-order valence-electron chi connectivity index (χ2n) is 4.25. The maximum Gasteiger partial charge on any atom is 0.183 e. The molecule has 0 radical (unpaired) electrons. The molecular weight excluding hydrogens is 260 g/mol. The summed E-state index contributed by atoms with van der Waals surface area (Å²) in [5.74, 6) is 0.764. The van der Waals surface area contributed by atoms with Crippen molar-refractivity contribution in [1.29, 1.82) is 0 Å². The number of hydrogen-bond donors (Lipinski definition) is 1. The van der Waals surface area contributed by atoms with Crippen LogP contribution in [-0.4, -0.2) is 31.7 Å². The molecule has 7 heteroatoms. The van der Waals surface area contributed by atoms with E-state index in [2.05, 4.69) is 26.6 Å². The average Bonchev–Trinajstić information content (AvgIpc) is 3.06. The first-order chi connectivity index (χ1) is 9.38. The Kier molecular flexibility index (Phi) is 3.47. The van der Waals surface area contributed by atoms with Gasteiger partial charge in [-0.05, 0) is 47.3 Å². The minimum absolute atomic E-state index is 0.695. The highest BCUT2D eigenvalue weighted by molar-refractivity contribution is 7.17. The Labute approximate surface area is 114 Å². The molecule has 3 aromatic rings. The van der Waals surface area contributed by atoms with Crippen LogP contribution in [0.3, 0.4) is 0 Å². The second kappa shape index (κ2) is 5.41. The normalized spacial score (nSPS) is 11.2. The lowest BCUT2D eigenvalue weighted by atomic mass is 10.2. The number of tetrazole rings is 1. The van der Waals surface area contributed by atoms with Gasteiger partial charge < -0.3 is 5.73 Å². The predicted molar refractivity (Wildman–Crippen MR) is 74.7 cm³/mol. The van der Waals surface area contributed by atoms with Crippen LogP contribution in [0.4, 0.5) is 0 Å². The molecule has 0 fully saturated rings. The van der Waals surface area contributed by atoms with Crippen molar-refractivity contribution < 1.29 is 0 Å². The van der Waals surface area contributed by atoms with Gasteiger partial charge >= 0.3 is 0 Å². The number of pyridine rings is 1. The molecule has 0 unspecified atom stereocenters. The fourth-order valence-electron chi connectivity index (χ4n) is 1.94. The number of fused-ring (bicyclic) bond motifs is 1. The molecule has 0 bridgehead atoms. The van der Waals surface area contributed by atoms with Crippen LogP contribution < -0.4 is 5.73 Å². The lowest BCUT2D eigenvalue weighted by Gasteiger charge is -2.03. The number of aromatic nitrogens is 5. The zero-order chi connectivity index (χ0) is 13.1. The van der Waals surface area contributed by atoms with E-state index < -0.39 is 0 Å². The molecule has 0 aliphatic rings. The van der Waals surface area contributed by atoms with E-state index in [0.717, 1.165) is 41.0 Å². The highest BCUT2D eigenvalue weighted by atomic mass is 32.1. The molecule has 0 saturated heterocycles. The number of nitrogens with zero attached hydrogens (tertiary/aromatic N) is 5. The quantitative estimate of drug-likeness (QED) is 0.716. The highest BCUT2D eigenvalue weighted by Gasteiger charge is 2.10. The first kappa shape index (κ1) is 12.2. The van der Waals surface area contributed by atoms with Crippen molar-refractivity contribution in [3.8, 4) is 11.4 Å². The van der Waals surface area contributed by atoms with Crippen LogP contribution in [0.15, 0.2) is 23.7 Å². The molecule has 19 heavy (non-hydrogen) atoms. The van der Waals surface area contributed by atoms with Crippen molar-refractivity contribution in [2.75, 3.05) is 6.54 Å². The van der Waals surface area contributed by atoms with E-state index in [1.807, 2.05) is 22.3 Å². The summed E-state index contributed by atoms with van der Waals surface area (Å²) >= 11 is 1.67. The molecule has 0 saturated carbocycles. The van der Waals surface area contributed by atoms with Crippen LogP contribution in [-0.2, 0) is 6.54 Å². The summed E-state index contributed by atoms with van der Waals surface area (Å²) in [5, 5.41) is 13.9. The van der Waals surface area contributed by atoms with E-state index in [1.165, 1.54) is 0 Å². The summed E-state index contributed by atoms with van der Waals surface area (Å²) in [6.45, 7) is 1.47. The molecule has 0 aromatic carbocycles. The van der Waals surface area contributed by atoms with Gasteiger partial charge in [0.15, 0.2) is 5.82 Å². The molecule has 0 aliphatic carbocycles. The SMILES string of the molecule is NCCCCn1nnnc1-c1cnc2ccsc2c1. The number of unbranched alkanes of at least 4 members (excludes halogenated alkanes) is 1. The zero-order valence-electron chi connectivity index (χ0n) is 10.4. The lowest BCUT2D eigenvalue weighted by Crippen LogP contribution is -2.06. The van der Waals surface area contributed by atoms with Crippen LogP contribution >= 0.6 is 11.3 Å². The van der Waals surface area contributed by atoms with Crippen LogP contribution in [0.1, 0.15) is 12.8 Å². The second-order valence-corrected chi connectivity index (χ2v) is 5.20. The largest absolute Gasteiger partial charge is 0.330 e. The Hall–Kier alpha value is -1.86. The van der Waals surface area contributed by atoms with Gasteiger partial charge in [0.1, 0.15) is 0 Å². The van der Waals surface area contributed by atoms with Crippen molar-refractivity contribution in [3.05, 3.63) is 23.7 Å². The molecule has 98 valence electrons. The van der Waals surface area contributed by atoms with Gasteiger partial charge in [-0.1, -0.05) is 0 Å². The summed E-state index contributed by atoms with van der Waals surface area (Å²) in [5.41, 5.74) is 7.46. The topological polar surface area (TPSA) is 82.5 Å². The summed E-state index contributed by atoms with van der Waals surface area (Å²) in [4.78, 5) is 4.42. The average molecular weight is 274 g/mol. The van der Waals surface area contributed by atoms with Gasteiger partial charge in [-0.15, -0.1) is 16.4 Å². The third-order valence-electron chi connectivity index (χ3n) is 2.92. The fraction of sp³-hybridized carbons (Fsp3) is 0.333. The Balaban J connectivity index is 1.90. The van der Waals surface area contributed by atoms with Crippen molar-refractivity contribution in [1.82, 2.24) is 25.2 Å². The van der Waals surface area contributed by atoms with E-state index in [-0.39, 0.29) is 0 Å². The van der Waals surface area contributed by atoms with E-state index in [0.29, 0.717) is 6.54 Å². The standard InChI is InChI=1S/C12H14N6S/c13-4-1-2-5-18-12(15-16-17-18)9-7-11-10(14-8-9)3-6-19-11/h3,6-8H,1-2,4-5,13H2. The lowest BCUT2D eigenvalue weighted by molar-refractivity contribution is 0.548. The molecular formula is C12H14N6S. The van der Waals surface area contributed by atoms with Crippen molar-refractivity contribution in [2.24, 2.45) is 5.73 Å². The minimum atomic E-state index is 0.695. The Morgan fingerprint density at radius 1 is 1.32 bits per heavy atom. The third kappa shape index (κ3) is 2.47. The molecule has 6 nitrogen and oxygen atoms in total. The van der Waals surface area contributed by atoms with Crippen molar-refractivity contribution >= 4 is 21.6 Å². The first-order valence-electron chi connectivity index (χ1n) is 6.18. The Bertz CT molecular complexity index is 673. The molecule has 0 spiro atoms. The van der Waals surface area contributed by atoms with Gasteiger partial charge in [0, 0.05) is 18.3 Å². The highest BCUT2D eigenvalue weighted by Crippen LogP contribution is 2.24. The van der Waals surface area contributed by atoms with Crippen LogP contribution in [0.25, 0.3) is 21.6 Å². The molecule has 2 N–H and O–H groups in total. The zero-order valence-corrected chi connectivity index (χ0v) is 11.2. The van der Waals surface area contributed by atoms with Crippen molar-refractivity contribution in [3.63, 3.8) is 0 Å². The minimum Gasteiger partial charge on any atom is -0.330 e. The summed E-state index contributed by atoms with van der Waals surface area (Å²) in [7, 11) is 0. The number of nitrogens with two attached hydrogens (primary N) is 1. The fourth-order valence-corrected chi connectivity index (χ4v) is 2.72. The maximum atomic E-state index is 5.50. The maximum absolute atomic E-state index is 5.50. The predicted octanol–water partition coefficient (Wildman–Crippen LogP) is 1.69. The van der Waals surface area contributed by atoms with Crippen LogP contribution in [0, 0.1) is 0 Å². The van der Waals surface area contributed by atoms with Gasteiger partial charge in [-0.3, -0.25) is 4.98 Å². The van der Waals surface area contributed by atoms with Gasteiger partial charge in [-0.2, -0.15) is 0 Å². The molecule has 0 amide bonds. The number of rotatable bonds is 5. The smallest absolute Gasteiger partial charge is 0.183 e. The molecule has 3 rings (SSSR count). The summed E-state index contributed by atoms with van der Waals surface area (Å²) < 4.78 is 2.96. The van der Waals surface area contributed by atoms with E-state index in [9.17, 15) is 0 Å². The van der Waals surface area contributed by atoms with Gasteiger partial charge in [-0.25, -0.2) is 4.68 Å². The number of thiophene rings is 1. The van der Waals surface area contributed by atoms with E-state index in [1.54, 1.807) is 11.3 Å². The van der Waals surface area contributed by atoms with Gasteiger partial charge in [0.2, 0.25) is 0 Å². The number of aryl methyl sites for hydroxylation is 1. The Morgan fingerprint density at radius 2 is 2.26 bits per heavy atom. The molecule has 0 aliphatic heterocycles.